The molecule has 0 aliphatic heterocycles. The maximum Gasteiger partial charge on any atom is 0.472 e. The van der Waals surface area contributed by atoms with Crippen molar-refractivity contribution in [2.24, 2.45) is 0 Å². The van der Waals surface area contributed by atoms with Crippen LogP contribution < -0.4 is 5.32 Å². The van der Waals surface area contributed by atoms with Crippen LogP contribution in [0.5, 0.6) is 0 Å². The fraction of sp³-hybridized carbons (Fsp3) is 0.935. The lowest BCUT2D eigenvalue weighted by Gasteiger charge is -2.41. The third-order valence-corrected chi connectivity index (χ3v) is 12.9. The minimum atomic E-state index is -5.14. The van der Waals surface area contributed by atoms with Gasteiger partial charge in [0, 0.05) is 0 Å². The van der Waals surface area contributed by atoms with Crippen LogP contribution in [-0.4, -0.2) is 108 Å². The average Bonchev–Trinajstić information content (AvgIpc) is 3.22. The first-order valence-corrected chi connectivity index (χ1v) is 25.7. The van der Waals surface area contributed by atoms with Gasteiger partial charge in [-0.25, -0.2) is 4.57 Å². The van der Waals surface area contributed by atoms with Gasteiger partial charge < -0.3 is 46.0 Å². The number of nitrogens with one attached hydrogen (secondary N) is 1. The van der Waals surface area contributed by atoms with E-state index in [1.165, 1.54) is 141 Å². The van der Waals surface area contributed by atoms with Crippen LogP contribution >= 0.6 is 7.82 Å². The number of phosphoric acid groups is 1. The highest BCUT2D eigenvalue weighted by Crippen LogP contribution is 2.47. The Kier molecular flexibility index (Phi) is 34.6. The van der Waals surface area contributed by atoms with Gasteiger partial charge in [-0.05, 0) is 19.3 Å². The van der Waals surface area contributed by atoms with Gasteiger partial charge in [0.25, 0.3) is 0 Å². The zero-order valence-corrected chi connectivity index (χ0v) is 38.5. The van der Waals surface area contributed by atoms with Crippen LogP contribution in [-0.2, 0) is 18.4 Å². The van der Waals surface area contributed by atoms with E-state index in [9.17, 15) is 50.0 Å². The lowest BCUT2D eigenvalue weighted by Crippen LogP contribution is -2.64. The maximum absolute atomic E-state index is 13.0. The predicted molar refractivity (Wildman–Crippen MR) is 238 cm³/mol. The summed E-state index contributed by atoms with van der Waals surface area (Å²) in [7, 11) is -5.14. The molecule has 1 aliphatic rings. The minimum absolute atomic E-state index is 0.240. The Morgan fingerprint density at radius 1 is 0.583 bits per heavy atom. The van der Waals surface area contributed by atoms with E-state index in [0.717, 1.165) is 44.9 Å². The third kappa shape index (κ3) is 28.0. The third-order valence-electron chi connectivity index (χ3n) is 11.9. The fourth-order valence-corrected chi connectivity index (χ4v) is 8.86. The second-order valence-corrected chi connectivity index (χ2v) is 18.9. The molecular formula is C46H90NO12P. The molecule has 1 saturated carbocycles. The lowest BCUT2D eigenvalue weighted by atomic mass is 9.85. The molecule has 0 aromatic heterocycles. The van der Waals surface area contributed by atoms with Crippen LogP contribution in [0, 0.1) is 0 Å². The van der Waals surface area contributed by atoms with Gasteiger partial charge in [-0.15, -0.1) is 0 Å². The summed E-state index contributed by atoms with van der Waals surface area (Å²) in [5.41, 5.74) is 0. The summed E-state index contributed by atoms with van der Waals surface area (Å²) in [5.74, 6) is -0.591. The fourth-order valence-electron chi connectivity index (χ4n) is 7.89. The Labute approximate surface area is 363 Å². The standard InChI is InChI=1S/C46H90NO12P/c1-3-5-7-9-11-13-15-16-17-18-19-20-21-22-24-26-28-30-32-34-39(49)38(36-58-60(56,57)59-46-44(54)42(52)41(51)43(53)45(46)55)47-40(50)35-37(48)33-31-29-27-25-23-14-12-10-8-6-4-2/h32,34,37-39,41-46,48-49,51-55H,3-31,33,35-36H2,1-2H3,(H,47,50)(H,56,57)/b34-32+. The van der Waals surface area contributed by atoms with Crippen molar-refractivity contribution in [1.29, 1.82) is 0 Å². The highest BCUT2D eigenvalue weighted by atomic mass is 31.2. The van der Waals surface area contributed by atoms with Gasteiger partial charge >= 0.3 is 7.82 Å². The summed E-state index contributed by atoms with van der Waals surface area (Å²) in [6.45, 7) is 3.74. The lowest BCUT2D eigenvalue weighted by molar-refractivity contribution is -0.220. The second kappa shape index (κ2) is 36.4. The van der Waals surface area contributed by atoms with Crippen molar-refractivity contribution in [3.8, 4) is 0 Å². The molecule has 0 spiro atoms. The SMILES string of the molecule is CCCCCCCCCCCCCCCCCCC/C=C/C(O)C(COP(=O)(O)OC1C(O)C(O)C(O)C(O)C1O)NC(=O)CC(O)CCCCCCCCCCCCC. The van der Waals surface area contributed by atoms with Crippen LogP contribution in [0.15, 0.2) is 12.2 Å². The van der Waals surface area contributed by atoms with E-state index in [0.29, 0.717) is 12.8 Å². The Hall–Kier alpha value is -0.960. The number of allylic oxidation sites excluding steroid dienone is 1. The zero-order valence-electron chi connectivity index (χ0n) is 37.6. The van der Waals surface area contributed by atoms with E-state index < -0.39 is 75.2 Å². The molecule has 1 aliphatic carbocycles. The van der Waals surface area contributed by atoms with Crippen LogP contribution in [0.2, 0.25) is 0 Å². The van der Waals surface area contributed by atoms with E-state index in [-0.39, 0.29) is 6.42 Å². The molecule has 356 valence electrons. The number of phosphoric ester groups is 1. The van der Waals surface area contributed by atoms with Crippen molar-refractivity contribution in [3.63, 3.8) is 0 Å². The Morgan fingerprint density at radius 3 is 1.37 bits per heavy atom. The molecule has 14 heteroatoms. The summed E-state index contributed by atoms with van der Waals surface area (Å²) >= 11 is 0. The molecule has 0 bridgehead atoms. The second-order valence-electron chi connectivity index (χ2n) is 17.5. The number of carbonyl (C=O) groups is 1. The van der Waals surface area contributed by atoms with Crippen molar-refractivity contribution in [2.45, 2.75) is 268 Å². The molecule has 0 aromatic carbocycles. The number of rotatable bonds is 40. The molecule has 1 fully saturated rings. The van der Waals surface area contributed by atoms with Crippen molar-refractivity contribution >= 4 is 13.7 Å². The summed E-state index contributed by atoms with van der Waals surface area (Å²) < 4.78 is 22.9. The van der Waals surface area contributed by atoms with Crippen molar-refractivity contribution in [3.05, 3.63) is 12.2 Å². The summed E-state index contributed by atoms with van der Waals surface area (Å²) in [6, 6.07) is -1.23. The zero-order chi connectivity index (χ0) is 44.4. The smallest absolute Gasteiger partial charge is 0.393 e. The number of aliphatic hydroxyl groups is 7. The first-order chi connectivity index (χ1) is 28.8. The molecule has 0 saturated heterocycles. The molecule has 60 heavy (non-hydrogen) atoms. The largest absolute Gasteiger partial charge is 0.472 e. The van der Waals surface area contributed by atoms with Gasteiger partial charge in [-0.3, -0.25) is 13.8 Å². The van der Waals surface area contributed by atoms with Gasteiger partial charge in [-0.1, -0.05) is 199 Å². The molecule has 9 N–H and O–H groups in total. The number of unbranched alkanes of at least 4 members (excludes halogenated alkanes) is 27. The van der Waals surface area contributed by atoms with E-state index in [1.807, 2.05) is 0 Å². The maximum atomic E-state index is 13.0. The van der Waals surface area contributed by atoms with Crippen LogP contribution in [0.3, 0.4) is 0 Å². The predicted octanol–water partition coefficient (Wildman–Crippen LogP) is 8.20. The van der Waals surface area contributed by atoms with Crippen molar-refractivity contribution in [1.82, 2.24) is 5.32 Å². The first kappa shape index (κ1) is 57.1. The number of carbonyl (C=O) groups excluding carboxylic acids is 1. The van der Waals surface area contributed by atoms with Gasteiger partial charge in [0.15, 0.2) is 0 Å². The van der Waals surface area contributed by atoms with E-state index in [2.05, 4.69) is 19.2 Å². The normalized spacial score (nSPS) is 23.4. The summed E-state index contributed by atoms with van der Waals surface area (Å²) in [4.78, 5) is 23.4. The molecule has 0 radical (unpaired) electrons. The molecular weight excluding hydrogens is 789 g/mol. The Morgan fingerprint density at radius 2 is 0.950 bits per heavy atom. The summed E-state index contributed by atoms with van der Waals surface area (Å²) in [6.07, 6.45) is 24.4. The van der Waals surface area contributed by atoms with Crippen molar-refractivity contribution in [2.75, 3.05) is 6.61 Å². The Bertz CT molecular complexity index is 1090. The molecule has 0 heterocycles. The van der Waals surface area contributed by atoms with Crippen LogP contribution in [0.25, 0.3) is 0 Å². The molecule has 8 atom stereocenters. The van der Waals surface area contributed by atoms with Gasteiger partial charge in [0.1, 0.15) is 36.6 Å². The number of aliphatic hydroxyl groups excluding tert-OH is 7. The molecule has 1 rings (SSSR count). The van der Waals surface area contributed by atoms with E-state index >= 15 is 0 Å². The van der Waals surface area contributed by atoms with E-state index in [1.54, 1.807) is 6.08 Å². The Balaban J connectivity index is 2.52. The quantitative estimate of drug-likeness (QED) is 0.0161. The minimum Gasteiger partial charge on any atom is -0.393 e. The number of hydrogen-bond donors (Lipinski definition) is 9. The molecule has 8 unspecified atom stereocenters. The average molecular weight is 880 g/mol. The molecule has 0 aromatic rings. The first-order valence-electron chi connectivity index (χ1n) is 24.2. The van der Waals surface area contributed by atoms with Gasteiger partial charge in [0.2, 0.25) is 5.91 Å². The van der Waals surface area contributed by atoms with Crippen LogP contribution in [0.4, 0.5) is 0 Å². The topological polar surface area (TPSA) is 226 Å². The summed E-state index contributed by atoms with van der Waals surface area (Å²) in [5, 5.41) is 74.5. The highest BCUT2D eigenvalue weighted by molar-refractivity contribution is 7.47. The van der Waals surface area contributed by atoms with Crippen molar-refractivity contribution < 1.29 is 59.0 Å². The van der Waals surface area contributed by atoms with Gasteiger partial charge in [0.05, 0.1) is 31.3 Å². The van der Waals surface area contributed by atoms with Crippen LogP contribution in [0.1, 0.15) is 213 Å². The molecule has 1 amide bonds. The monoisotopic (exact) mass is 880 g/mol. The number of amides is 1. The van der Waals surface area contributed by atoms with Gasteiger partial charge in [-0.2, -0.15) is 0 Å². The highest BCUT2D eigenvalue weighted by Gasteiger charge is 2.51. The molecule has 13 nitrogen and oxygen atoms in total. The number of hydrogen-bond acceptors (Lipinski definition) is 11. The van der Waals surface area contributed by atoms with E-state index in [4.69, 9.17) is 9.05 Å².